The Hall–Kier alpha value is -1.22. The van der Waals surface area contributed by atoms with Crippen LogP contribution in [-0.4, -0.2) is 64.2 Å². The van der Waals surface area contributed by atoms with Crippen LogP contribution in [0.2, 0.25) is 0 Å². The van der Waals surface area contributed by atoms with Crippen LogP contribution >= 0.6 is 0 Å². The minimum atomic E-state index is -0.523. The highest BCUT2D eigenvalue weighted by Crippen LogP contribution is 2.15. The van der Waals surface area contributed by atoms with Crippen molar-refractivity contribution < 1.29 is 38.0 Å². The van der Waals surface area contributed by atoms with Gasteiger partial charge in [0.2, 0.25) is 0 Å². The van der Waals surface area contributed by atoms with Gasteiger partial charge in [-0.3, -0.25) is 0 Å². The van der Waals surface area contributed by atoms with E-state index in [-0.39, 0.29) is 24.5 Å². The van der Waals surface area contributed by atoms with Gasteiger partial charge in [-0.1, -0.05) is 13.8 Å². The van der Waals surface area contributed by atoms with Gasteiger partial charge in [0, 0.05) is 0 Å². The summed E-state index contributed by atoms with van der Waals surface area (Å²) in [7, 11) is 2.68. The molecule has 0 radical (unpaired) electrons. The van der Waals surface area contributed by atoms with Gasteiger partial charge in [0.1, 0.15) is 0 Å². The molecule has 4 unspecified atom stereocenters. The molecule has 0 spiro atoms. The standard InChI is InChI=1S/2C7H12O4/c2*1-3-6-10-4-5(11-6)7(8)9-2/h2*5-6H,3-4H2,1-2H3. The second-order valence-electron chi connectivity index (χ2n) is 4.64. The van der Waals surface area contributed by atoms with Gasteiger partial charge in [-0.2, -0.15) is 0 Å². The topological polar surface area (TPSA) is 89.5 Å². The lowest BCUT2D eigenvalue weighted by Gasteiger charge is -2.06. The van der Waals surface area contributed by atoms with E-state index in [1.807, 2.05) is 13.8 Å². The van der Waals surface area contributed by atoms with Crippen molar-refractivity contribution in [3.63, 3.8) is 0 Å². The molecule has 4 atom stereocenters. The van der Waals surface area contributed by atoms with Crippen LogP contribution in [0.5, 0.6) is 0 Å². The maximum absolute atomic E-state index is 10.8. The summed E-state index contributed by atoms with van der Waals surface area (Å²) in [5.41, 5.74) is 0. The smallest absolute Gasteiger partial charge is 0.337 e. The lowest BCUT2D eigenvalue weighted by molar-refractivity contribution is -0.154. The quantitative estimate of drug-likeness (QED) is 0.697. The molecule has 0 aromatic carbocycles. The lowest BCUT2D eigenvalue weighted by atomic mass is 10.4. The summed E-state index contributed by atoms with van der Waals surface area (Å²) in [6.45, 7) is 4.49. The molecule has 0 bridgehead atoms. The molecule has 0 amide bonds. The highest BCUT2D eigenvalue weighted by atomic mass is 16.7. The molecular weight excluding hydrogens is 296 g/mol. The van der Waals surface area contributed by atoms with E-state index in [0.717, 1.165) is 12.8 Å². The molecule has 8 nitrogen and oxygen atoms in total. The summed E-state index contributed by atoms with van der Waals surface area (Å²) in [5, 5.41) is 0. The van der Waals surface area contributed by atoms with E-state index in [9.17, 15) is 9.59 Å². The van der Waals surface area contributed by atoms with E-state index in [4.69, 9.17) is 18.9 Å². The number of carbonyl (C=O) groups excluding carboxylic acids is 2. The van der Waals surface area contributed by atoms with Crippen LogP contribution in [0.15, 0.2) is 0 Å². The fourth-order valence-corrected chi connectivity index (χ4v) is 1.85. The van der Waals surface area contributed by atoms with Gasteiger partial charge in [0.15, 0.2) is 24.8 Å². The Morgan fingerprint density at radius 1 is 0.864 bits per heavy atom. The van der Waals surface area contributed by atoms with Crippen molar-refractivity contribution in [2.75, 3.05) is 27.4 Å². The van der Waals surface area contributed by atoms with Crippen molar-refractivity contribution in [2.24, 2.45) is 0 Å². The minimum absolute atomic E-state index is 0.237. The third-order valence-electron chi connectivity index (χ3n) is 3.09. The van der Waals surface area contributed by atoms with Gasteiger partial charge >= 0.3 is 11.9 Å². The van der Waals surface area contributed by atoms with Crippen molar-refractivity contribution in [1.29, 1.82) is 0 Å². The van der Waals surface area contributed by atoms with Gasteiger partial charge in [-0.05, 0) is 12.8 Å². The number of esters is 2. The molecule has 2 aliphatic rings. The molecule has 128 valence electrons. The van der Waals surface area contributed by atoms with Crippen LogP contribution < -0.4 is 0 Å². The maximum Gasteiger partial charge on any atom is 0.337 e. The average Bonchev–Trinajstić information content (AvgIpc) is 3.22. The number of ether oxygens (including phenoxy) is 6. The molecule has 22 heavy (non-hydrogen) atoms. The molecule has 2 aliphatic heterocycles. The second kappa shape index (κ2) is 9.73. The van der Waals surface area contributed by atoms with Crippen molar-refractivity contribution in [2.45, 2.75) is 51.5 Å². The van der Waals surface area contributed by atoms with Crippen molar-refractivity contribution in [3.8, 4) is 0 Å². The first-order chi connectivity index (χ1) is 10.5. The minimum Gasteiger partial charge on any atom is -0.467 e. The van der Waals surface area contributed by atoms with E-state index >= 15 is 0 Å². The molecular formula is C14H24O8. The van der Waals surface area contributed by atoms with Crippen LogP contribution in [0.25, 0.3) is 0 Å². The van der Waals surface area contributed by atoms with E-state index in [2.05, 4.69) is 9.47 Å². The SMILES string of the molecule is CCC1OCC(C(=O)OC)O1.CCC1OCC(C(=O)OC)O1. The zero-order valence-corrected chi connectivity index (χ0v) is 13.4. The van der Waals surface area contributed by atoms with E-state index in [1.165, 1.54) is 14.2 Å². The van der Waals surface area contributed by atoms with E-state index < -0.39 is 12.2 Å². The van der Waals surface area contributed by atoms with Gasteiger partial charge in [0.05, 0.1) is 27.4 Å². The van der Waals surface area contributed by atoms with E-state index in [0.29, 0.717) is 13.2 Å². The lowest BCUT2D eigenvalue weighted by Crippen LogP contribution is -2.24. The summed E-state index contributed by atoms with van der Waals surface area (Å²) < 4.78 is 29.5. The highest BCUT2D eigenvalue weighted by Gasteiger charge is 2.31. The zero-order valence-electron chi connectivity index (χ0n) is 13.4. The Labute approximate surface area is 129 Å². The Kier molecular flexibility index (Phi) is 8.32. The maximum atomic E-state index is 10.8. The predicted octanol–water partition coefficient (Wildman–Crippen LogP) is 0.622. The molecule has 2 heterocycles. The molecule has 0 saturated carbocycles. The van der Waals surface area contributed by atoms with Crippen LogP contribution in [0.1, 0.15) is 26.7 Å². The van der Waals surface area contributed by atoms with Gasteiger partial charge in [-0.15, -0.1) is 0 Å². The first-order valence-corrected chi connectivity index (χ1v) is 7.25. The third kappa shape index (κ3) is 5.53. The number of methoxy groups -OCH3 is 2. The fourth-order valence-electron chi connectivity index (χ4n) is 1.85. The fraction of sp³-hybridized carbons (Fsp3) is 0.857. The Balaban J connectivity index is 0.000000220. The van der Waals surface area contributed by atoms with Crippen molar-refractivity contribution >= 4 is 11.9 Å². The summed E-state index contributed by atoms with van der Waals surface area (Å²) in [6, 6.07) is 0. The number of carbonyl (C=O) groups is 2. The molecule has 2 fully saturated rings. The van der Waals surface area contributed by atoms with Gasteiger partial charge in [-0.25, -0.2) is 9.59 Å². The number of rotatable bonds is 4. The molecule has 0 aromatic heterocycles. The largest absolute Gasteiger partial charge is 0.467 e. The molecule has 0 N–H and O–H groups in total. The van der Waals surface area contributed by atoms with Gasteiger partial charge in [0.25, 0.3) is 0 Å². The molecule has 2 saturated heterocycles. The Morgan fingerprint density at radius 2 is 1.23 bits per heavy atom. The third-order valence-corrected chi connectivity index (χ3v) is 3.09. The molecule has 0 aliphatic carbocycles. The Morgan fingerprint density at radius 3 is 1.45 bits per heavy atom. The predicted molar refractivity (Wildman–Crippen MR) is 73.8 cm³/mol. The summed E-state index contributed by atoms with van der Waals surface area (Å²) >= 11 is 0. The number of hydrogen-bond donors (Lipinski definition) is 0. The molecule has 0 aromatic rings. The van der Waals surface area contributed by atoms with Crippen LogP contribution in [0.4, 0.5) is 0 Å². The summed E-state index contributed by atoms with van der Waals surface area (Å²) in [5.74, 6) is -0.720. The summed E-state index contributed by atoms with van der Waals surface area (Å²) in [6.07, 6.45) is -0.00541. The summed E-state index contributed by atoms with van der Waals surface area (Å²) in [4.78, 5) is 21.7. The van der Waals surface area contributed by atoms with Crippen LogP contribution in [-0.2, 0) is 38.0 Å². The molecule has 8 heteroatoms. The van der Waals surface area contributed by atoms with E-state index in [1.54, 1.807) is 0 Å². The van der Waals surface area contributed by atoms with Crippen molar-refractivity contribution in [3.05, 3.63) is 0 Å². The van der Waals surface area contributed by atoms with Gasteiger partial charge < -0.3 is 28.4 Å². The van der Waals surface area contributed by atoms with Crippen LogP contribution in [0.3, 0.4) is 0 Å². The second-order valence-corrected chi connectivity index (χ2v) is 4.64. The Bertz CT molecular complexity index is 325. The monoisotopic (exact) mass is 320 g/mol. The normalized spacial score (nSPS) is 30.4. The molecule has 2 rings (SSSR count). The first-order valence-electron chi connectivity index (χ1n) is 7.25. The first kappa shape index (κ1) is 18.8. The van der Waals surface area contributed by atoms with Crippen molar-refractivity contribution in [1.82, 2.24) is 0 Å². The van der Waals surface area contributed by atoms with Crippen LogP contribution in [0, 0.1) is 0 Å². The average molecular weight is 320 g/mol. The highest BCUT2D eigenvalue weighted by molar-refractivity contribution is 5.75. The number of hydrogen-bond acceptors (Lipinski definition) is 8. The zero-order chi connectivity index (χ0) is 16.5.